The minimum absolute atomic E-state index is 0.146. The van der Waals surface area contributed by atoms with Gasteiger partial charge in [-0.3, -0.25) is 10.2 Å². The van der Waals surface area contributed by atoms with Crippen molar-refractivity contribution in [1.82, 2.24) is 16.2 Å². The zero-order valence-electron chi connectivity index (χ0n) is 15.4. The first kappa shape index (κ1) is 19.1. The molecule has 0 saturated heterocycles. The molecule has 25 heavy (non-hydrogen) atoms. The maximum atomic E-state index is 11.9. The van der Waals surface area contributed by atoms with Gasteiger partial charge in [-0.15, -0.1) is 0 Å². The molecule has 6 heteroatoms. The van der Waals surface area contributed by atoms with Gasteiger partial charge in [0.1, 0.15) is 5.75 Å². The van der Waals surface area contributed by atoms with E-state index in [0.717, 1.165) is 36.8 Å². The molecule has 3 amide bonds. The molecule has 138 valence electrons. The fourth-order valence-electron chi connectivity index (χ4n) is 3.02. The van der Waals surface area contributed by atoms with Crippen molar-refractivity contribution >= 4 is 11.9 Å². The second-order valence-corrected chi connectivity index (χ2v) is 6.97. The quantitative estimate of drug-likeness (QED) is 0.716. The Morgan fingerprint density at radius 2 is 1.88 bits per heavy atom. The predicted octanol–water partition coefficient (Wildman–Crippen LogP) is 3.16. The van der Waals surface area contributed by atoms with Crippen LogP contribution in [0.5, 0.6) is 5.75 Å². The summed E-state index contributed by atoms with van der Waals surface area (Å²) < 4.78 is 5.64. The molecule has 0 bridgehead atoms. The minimum atomic E-state index is -0.394. The third kappa shape index (κ3) is 6.29. The molecule has 1 saturated carbocycles. The van der Waals surface area contributed by atoms with Crippen LogP contribution in [0.3, 0.4) is 0 Å². The number of hydrogen-bond acceptors (Lipinski definition) is 3. The van der Waals surface area contributed by atoms with Crippen LogP contribution in [0.1, 0.15) is 63.0 Å². The Kier molecular flexibility index (Phi) is 7.10. The van der Waals surface area contributed by atoms with Crippen molar-refractivity contribution < 1.29 is 14.3 Å². The highest BCUT2D eigenvalue weighted by molar-refractivity contribution is 5.82. The normalized spacial score (nSPS) is 14.9. The van der Waals surface area contributed by atoms with Gasteiger partial charge in [0.2, 0.25) is 0 Å². The Balaban J connectivity index is 1.75. The highest BCUT2D eigenvalue weighted by Gasteiger charge is 2.16. The SMILES string of the molecule is Cc1ccc(C(C)C)c(OCC(=O)NNC(=O)NC2CCCCC2)c1. The topological polar surface area (TPSA) is 79.5 Å². The fraction of sp³-hybridized carbons (Fsp3) is 0.579. The van der Waals surface area contributed by atoms with E-state index in [9.17, 15) is 9.59 Å². The van der Waals surface area contributed by atoms with Gasteiger partial charge in [0.05, 0.1) is 0 Å². The number of rotatable bonds is 5. The van der Waals surface area contributed by atoms with E-state index in [1.54, 1.807) is 0 Å². The number of nitrogens with one attached hydrogen (secondary N) is 3. The zero-order chi connectivity index (χ0) is 18.2. The second kappa shape index (κ2) is 9.30. The zero-order valence-corrected chi connectivity index (χ0v) is 15.4. The maximum Gasteiger partial charge on any atom is 0.333 e. The van der Waals surface area contributed by atoms with Crippen LogP contribution >= 0.6 is 0 Å². The molecular formula is C19H29N3O3. The van der Waals surface area contributed by atoms with Gasteiger partial charge in [-0.05, 0) is 42.9 Å². The molecule has 0 unspecified atom stereocenters. The maximum absolute atomic E-state index is 11.9. The van der Waals surface area contributed by atoms with Crippen molar-refractivity contribution in [2.45, 2.75) is 64.8 Å². The number of carbonyl (C=O) groups excluding carboxylic acids is 2. The Labute approximate surface area is 149 Å². The third-order valence-electron chi connectivity index (χ3n) is 4.41. The van der Waals surface area contributed by atoms with Gasteiger partial charge in [-0.2, -0.15) is 0 Å². The summed E-state index contributed by atoms with van der Waals surface area (Å²) in [6.45, 7) is 5.99. The van der Waals surface area contributed by atoms with Crippen LogP contribution in [0.15, 0.2) is 18.2 Å². The largest absolute Gasteiger partial charge is 0.483 e. The Hall–Kier alpha value is -2.24. The van der Waals surface area contributed by atoms with Gasteiger partial charge in [0.15, 0.2) is 6.61 Å². The van der Waals surface area contributed by atoms with Gasteiger partial charge in [-0.25, -0.2) is 10.2 Å². The van der Waals surface area contributed by atoms with Gasteiger partial charge in [0.25, 0.3) is 5.91 Å². The lowest BCUT2D eigenvalue weighted by molar-refractivity contribution is -0.123. The molecule has 0 radical (unpaired) electrons. The number of carbonyl (C=O) groups is 2. The number of ether oxygens (including phenoxy) is 1. The van der Waals surface area contributed by atoms with Crippen molar-refractivity contribution in [3.8, 4) is 5.75 Å². The van der Waals surface area contributed by atoms with E-state index < -0.39 is 5.91 Å². The van der Waals surface area contributed by atoms with Gasteiger partial charge in [0, 0.05) is 6.04 Å². The van der Waals surface area contributed by atoms with Gasteiger partial charge >= 0.3 is 6.03 Å². The Bertz CT molecular complexity index is 596. The predicted molar refractivity (Wildman–Crippen MR) is 97.4 cm³/mol. The Morgan fingerprint density at radius 3 is 2.56 bits per heavy atom. The van der Waals surface area contributed by atoms with Crippen LogP contribution in [0.4, 0.5) is 4.79 Å². The van der Waals surface area contributed by atoms with E-state index in [1.807, 2.05) is 25.1 Å². The van der Waals surface area contributed by atoms with Crippen molar-refractivity contribution in [2.24, 2.45) is 0 Å². The van der Waals surface area contributed by atoms with E-state index in [-0.39, 0.29) is 18.7 Å². The standard InChI is InChI=1S/C19H29N3O3/c1-13(2)16-10-9-14(3)11-17(16)25-12-18(23)21-22-19(24)20-15-7-5-4-6-8-15/h9-11,13,15H,4-8,12H2,1-3H3,(H,21,23)(H2,20,22,24). The van der Waals surface area contributed by atoms with Crippen LogP contribution in [-0.4, -0.2) is 24.6 Å². The molecule has 0 atom stereocenters. The van der Waals surface area contributed by atoms with Crippen LogP contribution < -0.4 is 20.9 Å². The van der Waals surface area contributed by atoms with E-state index in [2.05, 4.69) is 30.0 Å². The highest BCUT2D eigenvalue weighted by Crippen LogP contribution is 2.27. The lowest BCUT2D eigenvalue weighted by Gasteiger charge is -2.22. The first-order chi connectivity index (χ1) is 12.0. The first-order valence-electron chi connectivity index (χ1n) is 9.04. The van der Waals surface area contributed by atoms with Gasteiger partial charge < -0.3 is 10.1 Å². The number of amides is 3. The highest BCUT2D eigenvalue weighted by atomic mass is 16.5. The lowest BCUT2D eigenvalue weighted by atomic mass is 9.96. The van der Waals surface area contributed by atoms with E-state index >= 15 is 0 Å². The molecule has 0 spiro atoms. The van der Waals surface area contributed by atoms with Crippen LogP contribution in [0, 0.1) is 6.92 Å². The Morgan fingerprint density at radius 1 is 1.16 bits per heavy atom. The third-order valence-corrected chi connectivity index (χ3v) is 4.41. The molecular weight excluding hydrogens is 318 g/mol. The minimum Gasteiger partial charge on any atom is -0.483 e. The van der Waals surface area contributed by atoms with Crippen LogP contribution in [0.25, 0.3) is 0 Å². The number of aryl methyl sites for hydroxylation is 1. The first-order valence-corrected chi connectivity index (χ1v) is 9.04. The summed E-state index contributed by atoms with van der Waals surface area (Å²) in [6.07, 6.45) is 5.50. The van der Waals surface area contributed by atoms with Crippen molar-refractivity contribution in [3.05, 3.63) is 29.3 Å². The smallest absolute Gasteiger partial charge is 0.333 e. The fourth-order valence-corrected chi connectivity index (χ4v) is 3.02. The molecule has 1 aliphatic carbocycles. The number of benzene rings is 1. The van der Waals surface area contributed by atoms with Crippen LogP contribution in [0.2, 0.25) is 0 Å². The second-order valence-electron chi connectivity index (χ2n) is 6.97. The van der Waals surface area contributed by atoms with Crippen molar-refractivity contribution in [3.63, 3.8) is 0 Å². The monoisotopic (exact) mass is 347 g/mol. The van der Waals surface area contributed by atoms with Crippen molar-refractivity contribution in [1.29, 1.82) is 0 Å². The molecule has 1 aromatic rings. The number of hydrogen-bond donors (Lipinski definition) is 3. The molecule has 2 rings (SSSR count). The summed E-state index contributed by atoms with van der Waals surface area (Å²) in [5.41, 5.74) is 6.90. The number of hydrazine groups is 1. The summed E-state index contributed by atoms with van der Waals surface area (Å²) in [7, 11) is 0. The summed E-state index contributed by atoms with van der Waals surface area (Å²) >= 11 is 0. The molecule has 6 nitrogen and oxygen atoms in total. The summed E-state index contributed by atoms with van der Waals surface area (Å²) in [4.78, 5) is 23.7. The van der Waals surface area contributed by atoms with E-state index in [1.165, 1.54) is 6.42 Å². The van der Waals surface area contributed by atoms with E-state index in [4.69, 9.17) is 4.74 Å². The summed E-state index contributed by atoms with van der Waals surface area (Å²) in [5.74, 6) is 0.616. The molecule has 0 heterocycles. The lowest BCUT2D eigenvalue weighted by Crippen LogP contribution is -2.51. The summed E-state index contributed by atoms with van der Waals surface area (Å²) in [5, 5.41) is 2.87. The van der Waals surface area contributed by atoms with Crippen molar-refractivity contribution in [2.75, 3.05) is 6.61 Å². The van der Waals surface area contributed by atoms with Gasteiger partial charge in [-0.1, -0.05) is 45.2 Å². The molecule has 1 aromatic carbocycles. The molecule has 0 aliphatic heterocycles. The molecule has 0 aromatic heterocycles. The average molecular weight is 347 g/mol. The molecule has 3 N–H and O–H groups in total. The molecule has 1 fully saturated rings. The van der Waals surface area contributed by atoms with Crippen LogP contribution in [-0.2, 0) is 4.79 Å². The average Bonchev–Trinajstić information content (AvgIpc) is 2.59. The summed E-state index contributed by atoms with van der Waals surface area (Å²) in [6, 6.07) is 5.79. The number of urea groups is 1. The van der Waals surface area contributed by atoms with E-state index in [0.29, 0.717) is 11.7 Å². The molecule has 1 aliphatic rings.